The predicted octanol–water partition coefficient (Wildman–Crippen LogP) is 4.31. The van der Waals surface area contributed by atoms with Crippen LogP contribution in [0.5, 0.6) is 5.75 Å². The summed E-state index contributed by atoms with van der Waals surface area (Å²) < 4.78 is 12.0. The number of nitrogens with zero attached hydrogens (tertiary/aromatic N) is 1. The van der Waals surface area contributed by atoms with Gasteiger partial charge in [0.05, 0.1) is 6.61 Å². The fourth-order valence-corrected chi connectivity index (χ4v) is 4.27. The molecule has 2 bridgehead atoms. The molecule has 23 heavy (non-hydrogen) atoms. The molecule has 1 atom stereocenters. The van der Waals surface area contributed by atoms with Gasteiger partial charge in [-0.25, -0.2) is 0 Å². The average Bonchev–Trinajstić information content (AvgIpc) is 2.99. The zero-order chi connectivity index (χ0) is 15.2. The third-order valence-corrected chi connectivity index (χ3v) is 5.60. The number of piperidine rings is 3. The Morgan fingerprint density at radius 2 is 1.83 bits per heavy atom. The van der Waals surface area contributed by atoms with Crippen LogP contribution in [0.4, 0.5) is 0 Å². The molecule has 2 aromatic carbocycles. The van der Waals surface area contributed by atoms with E-state index in [9.17, 15) is 0 Å². The van der Waals surface area contributed by atoms with Crippen molar-refractivity contribution in [2.24, 2.45) is 11.8 Å². The highest BCUT2D eigenvalue weighted by Gasteiger charge is 2.34. The van der Waals surface area contributed by atoms with Crippen LogP contribution in [0.15, 0.2) is 46.9 Å². The van der Waals surface area contributed by atoms with Gasteiger partial charge in [-0.2, -0.15) is 0 Å². The van der Waals surface area contributed by atoms with E-state index in [1.54, 1.807) is 0 Å². The normalized spacial score (nSPS) is 26.9. The monoisotopic (exact) mass is 307 g/mol. The van der Waals surface area contributed by atoms with Gasteiger partial charge < -0.3 is 14.1 Å². The minimum Gasteiger partial charge on any atom is -0.493 e. The first-order valence-electron chi connectivity index (χ1n) is 8.63. The predicted molar refractivity (Wildman–Crippen MR) is 91.9 cm³/mol. The van der Waals surface area contributed by atoms with Gasteiger partial charge in [0.1, 0.15) is 16.9 Å². The number of para-hydroxylation sites is 1. The molecule has 0 aliphatic carbocycles. The zero-order valence-corrected chi connectivity index (χ0v) is 13.2. The highest BCUT2D eigenvalue weighted by molar-refractivity contribution is 6.05. The molecule has 3 saturated heterocycles. The summed E-state index contributed by atoms with van der Waals surface area (Å²) in [7, 11) is 0. The first kappa shape index (κ1) is 13.4. The molecule has 1 aromatic heterocycles. The Kier molecular flexibility index (Phi) is 3.08. The van der Waals surface area contributed by atoms with Crippen molar-refractivity contribution in [1.82, 2.24) is 4.90 Å². The van der Waals surface area contributed by atoms with Crippen molar-refractivity contribution < 1.29 is 9.15 Å². The first-order valence-corrected chi connectivity index (χ1v) is 8.63. The standard InChI is InChI=1S/C20H21NO2/c1-2-4-19-17(3-1)18-11-16(5-6-20(18)23-19)22-13-15-12-21-9-7-14(15)8-10-21/h1-6,11,14-15H,7-10,12-13H2. The lowest BCUT2D eigenvalue weighted by molar-refractivity contribution is 0.0257. The number of hydrogen-bond donors (Lipinski definition) is 0. The number of hydrogen-bond acceptors (Lipinski definition) is 3. The molecular formula is C20H21NO2. The van der Waals surface area contributed by atoms with Crippen molar-refractivity contribution in [2.75, 3.05) is 26.2 Å². The summed E-state index contributed by atoms with van der Waals surface area (Å²) in [6.45, 7) is 4.62. The third kappa shape index (κ3) is 2.31. The van der Waals surface area contributed by atoms with E-state index in [1.807, 2.05) is 24.3 Å². The second kappa shape index (κ2) is 5.27. The Balaban J connectivity index is 1.39. The molecule has 3 heteroatoms. The fraction of sp³-hybridized carbons (Fsp3) is 0.400. The van der Waals surface area contributed by atoms with Gasteiger partial charge >= 0.3 is 0 Å². The molecule has 0 N–H and O–H groups in total. The van der Waals surface area contributed by atoms with Crippen LogP contribution in [0.1, 0.15) is 12.8 Å². The quantitative estimate of drug-likeness (QED) is 0.721. The lowest BCUT2D eigenvalue weighted by atomic mass is 9.79. The van der Waals surface area contributed by atoms with Gasteiger partial charge in [-0.05, 0) is 56.1 Å². The van der Waals surface area contributed by atoms with Crippen LogP contribution in [0.3, 0.4) is 0 Å². The number of fused-ring (bicyclic) bond motifs is 6. The van der Waals surface area contributed by atoms with Crippen molar-refractivity contribution in [3.05, 3.63) is 42.5 Å². The maximum absolute atomic E-state index is 6.16. The van der Waals surface area contributed by atoms with Crippen molar-refractivity contribution in [3.8, 4) is 5.75 Å². The molecule has 3 fully saturated rings. The van der Waals surface area contributed by atoms with Gasteiger partial charge in [-0.3, -0.25) is 0 Å². The fourth-order valence-electron chi connectivity index (χ4n) is 4.27. The summed E-state index contributed by atoms with van der Waals surface area (Å²) in [6, 6.07) is 14.4. The van der Waals surface area contributed by atoms with Gasteiger partial charge in [0.2, 0.25) is 0 Å². The van der Waals surface area contributed by atoms with Gasteiger partial charge in [-0.15, -0.1) is 0 Å². The molecule has 0 amide bonds. The van der Waals surface area contributed by atoms with E-state index in [0.29, 0.717) is 5.92 Å². The molecule has 4 heterocycles. The number of furan rings is 1. The van der Waals surface area contributed by atoms with Gasteiger partial charge in [0.15, 0.2) is 0 Å². The summed E-state index contributed by atoms with van der Waals surface area (Å²) in [5.41, 5.74) is 1.87. The molecule has 0 radical (unpaired) electrons. The molecule has 3 aromatic rings. The van der Waals surface area contributed by atoms with Crippen LogP contribution in [0, 0.1) is 11.8 Å². The van der Waals surface area contributed by atoms with E-state index >= 15 is 0 Å². The van der Waals surface area contributed by atoms with Gasteiger partial charge in [-0.1, -0.05) is 18.2 Å². The second-order valence-corrected chi connectivity index (χ2v) is 6.97. The minimum absolute atomic E-state index is 0.689. The van der Waals surface area contributed by atoms with Crippen LogP contribution >= 0.6 is 0 Å². The lowest BCUT2D eigenvalue weighted by Gasteiger charge is -2.44. The van der Waals surface area contributed by atoms with Gasteiger partial charge in [0.25, 0.3) is 0 Å². The average molecular weight is 307 g/mol. The molecule has 6 rings (SSSR count). The summed E-state index contributed by atoms with van der Waals surface area (Å²) in [5, 5.41) is 2.31. The van der Waals surface area contributed by atoms with Gasteiger partial charge in [0, 0.05) is 23.2 Å². The lowest BCUT2D eigenvalue weighted by Crippen LogP contribution is -2.49. The highest BCUT2D eigenvalue weighted by Crippen LogP contribution is 2.34. The van der Waals surface area contributed by atoms with E-state index in [-0.39, 0.29) is 0 Å². The largest absolute Gasteiger partial charge is 0.493 e. The van der Waals surface area contributed by atoms with E-state index in [0.717, 1.165) is 40.2 Å². The van der Waals surface area contributed by atoms with E-state index in [2.05, 4.69) is 23.1 Å². The molecule has 3 aliphatic heterocycles. The van der Waals surface area contributed by atoms with Crippen molar-refractivity contribution in [1.29, 1.82) is 0 Å². The number of rotatable bonds is 3. The van der Waals surface area contributed by atoms with Crippen LogP contribution < -0.4 is 4.74 Å². The number of ether oxygens (including phenoxy) is 1. The van der Waals surface area contributed by atoms with Crippen LogP contribution in [0.25, 0.3) is 21.9 Å². The summed E-state index contributed by atoms with van der Waals surface area (Å²) >= 11 is 0. The highest BCUT2D eigenvalue weighted by atomic mass is 16.5. The Morgan fingerprint density at radius 1 is 1.00 bits per heavy atom. The second-order valence-electron chi connectivity index (χ2n) is 6.97. The molecule has 1 unspecified atom stereocenters. The summed E-state index contributed by atoms with van der Waals surface area (Å²) in [5.74, 6) is 2.51. The summed E-state index contributed by atoms with van der Waals surface area (Å²) in [4.78, 5) is 2.58. The minimum atomic E-state index is 0.689. The topological polar surface area (TPSA) is 25.6 Å². The Labute approximate surface area is 135 Å². The van der Waals surface area contributed by atoms with E-state index in [1.165, 1.54) is 32.5 Å². The summed E-state index contributed by atoms with van der Waals surface area (Å²) in [6.07, 6.45) is 2.69. The first-order chi connectivity index (χ1) is 11.4. The number of benzene rings is 2. The van der Waals surface area contributed by atoms with Crippen molar-refractivity contribution in [3.63, 3.8) is 0 Å². The maximum Gasteiger partial charge on any atom is 0.135 e. The molecule has 3 nitrogen and oxygen atoms in total. The van der Waals surface area contributed by atoms with E-state index in [4.69, 9.17) is 9.15 Å². The molecular weight excluding hydrogens is 286 g/mol. The van der Waals surface area contributed by atoms with Crippen molar-refractivity contribution >= 4 is 21.9 Å². The Morgan fingerprint density at radius 3 is 2.65 bits per heavy atom. The smallest absolute Gasteiger partial charge is 0.135 e. The molecule has 118 valence electrons. The zero-order valence-electron chi connectivity index (χ0n) is 13.2. The Hall–Kier alpha value is -2.00. The van der Waals surface area contributed by atoms with E-state index < -0.39 is 0 Å². The molecule has 0 saturated carbocycles. The van der Waals surface area contributed by atoms with Crippen LogP contribution in [-0.4, -0.2) is 31.1 Å². The maximum atomic E-state index is 6.16. The molecule has 0 spiro atoms. The van der Waals surface area contributed by atoms with Crippen molar-refractivity contribution in [2.45, 2.75) is 12.8 Å². The molecule has 3 aliphatic rings. The van der Waals surface area contributed by atoms with Crippen LogP contribution in [-0.2, 0) is 0 Å². The third-order valence-electron chi connectivity index (χ3n) is 5.60. The SMILES string of the molecule is c1ccc2c(c1)oc1ccc(OCC3CN4CCC3CC4)cc12. The Bertz CT molecular complexity index is 845. The van der Waals surface area contributed by atoms with Crippen LogP contribution in [0.2, 0.25) is 0 Å².